The summed E-state index contributed by atoms with van der Waals surface area (Å²) in [5.41, 5.74) is 1.40. The maximum atomic E-state index is 12.9. The third kappa shape index (κ3) is 3.36. The van der Waals surface area contributed by atoms with E-state index in [4.69, 9.17) is 9.26 Å². The first-order valence-electron chi connectivity index (χ1n) is 8.35. The molecule has 2 aromatic rings. The molecule has 0 amide bonds. The lowest BCUT2D eigenvalue weighted by molar-refractivity contribution is 0.336. The molecule has 136 valence electrons. The number of nitrogens with zero attached hydrogens (tertiary/aromatic N) is 3. The van der Waals surface area contributed by atoms with E-state index in [1.165, 1.54) is 4.31 Å². The number of ether oxygens (including phenoxy) is 1. The molecule has 0 aliphatic carbocycles. The van der Waals surface area contributed by atoms with Crippen molar-refractivity contribution >= 4 is 15.7 Å². The van der Waals surface area contributed by atoms with Crippen molar-refractivity contribution in [2.45, 2.75) is 25.7 Å². The maximum Gasteiger partial charge on any atom is 0.248 e. The van der Waals surface area contributed by atoms with Crippen LogP contribution in [0.5, 0.6) is 5.75 Å². The standard InChI is InChI=1S/C17H23N3O4S/c1-4-23-16-8-6-5-7-15(16)19-9-11-20(12-10-19)25(21,22)17-13(2)18-24-14(17)3/h5-8H,4,9-12H2,1-3H3. The summed E-state index contributed by atoms with van der Waals surface area (Å²) in [5, 5.41) is 3.76. The predicted octanol–water partition coefficient (Wildman–Crippen LogP) is 2.20. The molecule has 1 aromatic heterocycles. The van der Waals surface area contributed by atoms with E-state index in [-0.39, 0.29) is 4.90 Å². The van der Waals surface area contributed by atoms with E-state index in [0.29, 0.717) is 44.2 Å². The van der Waals surface area contributed by atoms with Gasteiger partial charge >= 0.3 is 0 Å². The smallest absolute Gasteiger partial charge is 0.248 e. The van der Waals surface area contributed by atoms with E-state index in [1.54, 1.807) is 13.8 Å². The second-order valence-corrected chi connectivity index (χ2v) is 7.82. The Hall–Kier alpha value is -2.06. The van der Waals surface area contributed by atoms with Gasteiger partial charge in [0, 0.05) is 26.2 Å². The molecule has 0 saturated carbocycles. The van der Waals surface area contributed by atoms with Crippen LogP contribution in [0.4, 0.5) is 5.69 Å². The molecule has 8 heteroatoms. The number of hydrogen-bond acceptors (Lipinski definition) is 6. The van der Waals surface area contributed by atoms with Gasteiger partial charge in [-0.3, -0.25) is 0 Å². The van der Waals surface area contributed by atoms with Gasteiger partial charge in [-0.1, -0.05) is 17.3 Å². The van der Waals surface area contributed by atoms with E-state index >= 15 is 0 Å². The van der Waals surface area contributed by atoms with Crippen LogP contribution in [0.2, 0.25) is 0 Å². The minimum absolute atomic E-state index is 0.190. The molecule has 0 N–H and O–H groups in total. The molecule has 0 bridgehead atoms. The van der Waals surface area contributed by atoms with Crippen molar-refractivity contribution in [1.29, 1.82) is 0 Å². The largest absolute Gasteiger partial charge is 0.492 e. The lowest BCUT2D eigenvalue weighted by Gasteiger charge is -2.35. The zero-order valence-electron chi connectivity index (χ0n) is 14.7. The number of sulfonamides is 1. The van der Waals surface area contributed by atoms with Gasteiger partial charge in [-0.2, -0.15) is 4.31 Å². The molecule has 7 nitrogen and oxygen atoms in total. The number of anilines is 1. The van der Waals surface area contributed by atoms with Crippen LogP contribution in [0, 0.1) is 13.8 Å². The summed E-state index contributed by atoms with van der Waals surface area (Å²) in [6.07, 6.45) is 0. The van der Waals surface area contributed by atoms with Crippen LogP contribution in [0.15, 0.2) is 33.7 Å². The van der Waals surface area contributed by atoms with Crippen molar-refractivity contribution in [2.75, 3.05) is 37.7 Å². The van der Waals surface area contributed by atoms with E-state index in [0.717, 1.165) is 11.4 Å². The molecule has 0 unspecified atom stereocenters. The molecule has 1 aliphatic rings. The number of benzene rings is 1. The van der Waals surface area contributed by atoms with Crippen molar-refractivity contribution in [3.05, 3.63) is 35.7 Å². The SMILES string of the molecule is CCOc1ccccc1N1CCN(S(=O)(=O)c2c(C)noc2C)CC1. The Balaban J connectivity index is 1.76. The van der Waals surface area contributed by atoms with Crippen molar-refractivity contribution in [2.24, 2.45) is 0 Å². The highest BCUT2D eigenvalue weighted by atomic mass is 32.2. The molecule has 2 heterocycles. The number of rotatable bonds is 5. The van der Waals surface area contributed by atoms with Gasteiger partial charge in [0.2, 0.25) is 10.0 Å². The van der Waals surface area contributed by atoms with Gasteiger partial charge in [0.25, 0.3) is 0 Å². The average Bonchev–Trinajstić information content (AvgIpc) is 2.95. The number of hydrogen-bond donors (Lipinski definition) is 0. The van der Waals surface area contributed by atoms with E-state index in [9.17, 15) is 8.42 Å². The summed E-state index contributed by atoms with van der Waals surface area (Å²) < 4.78 is 38.0. The van der Waals surface area contributed by atoms with Crippen molar-refractivity contribution in [1.82, 2.24) is 9.46 Å². The number of piperazine rings is 1. The van der Waals surface area contributed by atoms with Gasteiger partial charge in [-0.05, 0) is 32.9 Å². The van der Waals surface area contributed by atoms with Gasteiger partial charge < -0.3 is 14.2 Å². The van der Waals surface area contributed by atoms with Gasteiger partial charge in [-0.25, -0.2) is 8.42 Å². The molecule has 25 heavy (non-hydrogen) atoms. The first kappa shape index (κ1) is 17.8. The van der Waals surface area contributed by atoms with Crippen molar-refractivity contribution in [3.8, 4) is 5.75 Å². The summed E-state index contributed by atoms with van der Waals surface area (Å²) in [6.45, 7) is 7.85. The quantitative estimate of drug-likeness (QED) is 0.809. The summed E-state index contributed by atoms with van der Waals surface area (Å²) in [7, 11) is -3.59. The lowest BCUT2D eigenvalue weighted by Crippen LogP contribution is -2.48. The van der Waals surface area contributed by atoms with Crippen LogP contribution in [-0.4, -0.2) is 50.7 Å². The second-order valence-electron chi connectivity index (χ2n) is 5.95. The van der Waals surface area contributed by atoms with E-state index in [2.05, 4.69) is 10.1 Å². The van der Waals surface area contributed by atoms with E-state index < -0.39 is 10.0 Å². The van der Waals surface area contributed by atoms with Gasteiger partial charge in [0.15, 0.2) is 5.76 Å². The normalized spacial score (nSPS) is 16.2. The highest BCUT2D eigenvalue weighted by Crippen LogP contribution is 2.30. The van der Waals surface area contributed by atoms with Gasteiger partial charge in [0.1, 0.15) is 16.3 Å². The molecule has 1 aromatic carbocycles. The fourth-order valence-corrected chi connectivity index (χ4v) is 4.85. The summed E-state index contributed by atoms with van der Waals surface area (Å²) in [4.78, 5) is 2.35. The Morgan fingerprint density at radius 1 is 1.16 bits per heavy atom. The lowest BCUT2D eigenvalue weighted by atomic mass is 10.2. The van der Waals surface area contributed by atoms with Crippen LogP contribution in [0.3, 0.4) is 0 Å². The number of aromatic nitrogens is 1. The fourth-order valence-electron chi connectivity index (χ4n) is 3.14. The molecular weight excluding hydrogens is 342 g/mol. The first-order chi connectivity index (χ1) is 11.9. The first-order valence-corrected chi connectivity index (χ1v) is 9.79. The Morgan fingerprint density at radius 3 is 2.44 bits per heavy atom. The molecule has 0 atom stereocenters. The van der Waals surface area contributed by atoms with Crippen LogP contribution in [0.25, 0.3) is 0 Å². The Labute approximate surface area is 148 Å². The predicted molar refractivity (Wildman–Crippen MR) is 94.6 cm³/mol. The third-order valence-electron chi connectivity index (χ3n) is 4.31. The average molecular weight is 365 g/mol. The maximum absolute atomic E-state index is 12.9. The number of aryl methyl sites for hydroxylation is 2. The molecule has 1 fully saturated rings. The zero-order chi connectivity index (χ0) is 18.0. The minimum atomic E-state index is -3.59. The summed E-state index contributed by atoms with van der Waals surface area (Å²) in [5.74, 6) is 1.16. The fraction of sp³-hybridized carbons (Fsp3) is 0.471. The molecular formula is C17H23N3O4S. The van der Waals surface area contributed by atoms with Crippen molar-refractivity contribution in [3.63, 3.8) is 0 Å². The molecule has 0 spiro atoms. The summed E-state index contributed by atoms with van der Waals surface area (Å²) in [6, 6.07) is 7.84. The monoisotopic (exact) mass is 365 g/mol. The summed E-state index contributed by atoms with van der Waals surface area (Å²) >= 11 is 0. The number of para-hydroxylation sites is 2. The molecule has 1 saturated heterocycles. The van der Waals surface area contributed by atoms with Gasteiger partial charge in [0.05, 0.1) is 12.3 Å². The highest BCUT2D eigenvalue weighted by molar-refractivity contribution is 7.89. The third-order valence-corrected chi connectivity index (χ3v) is 6.45. The molecule has 3 rings (SSSR count). The van der Waals surface area contributed by atoms with Crippen LogP contribution < -0.4 is 9.64 Å². The Morgan fingerprint density at radius 2 is 1.84 bits per heavy atom. The van der Waals surface area contributed by atoms with Crippen molar-refractivity contribution < 1.29 is 17.7 Å². The Bertz CT molecular complexity index is 820. The van der Waals surface area contributed by atoms with E-state index in [1.807, 2.05) is 31.2 Å². The van der Waals surface area contributed by atoms with Crippen LogP contribution in [-0.2, 0) is 10.0 Å². The second kappa shape index (κ2) is 7.05. The van der Waals surface area contributed by atoms with Crippen LogP contribution in [0.1, 0.15) is 18.4 Å². The highest BCUT2D eigenvalue weighted by Gasteiger charge is 2.33. The molecule has 1 aliphatic heterocycles. The van der Waals surface area contributed by atoms with Gasteiger partial charge in [-0.15, -0.1) is 0 Å². The molecule has 0 radical (unpaired) electrons. The topological polar surface area (TPSA) is 75.9 Å². The minimum Gasteiger partial charge on any atom is -0.492 e. The zero-order valence-corrected chi connectivity index (χ0v) is 15.5. The van der Waals surface area contributed by atoms with Crippen LogP contribution >= 0.6 is 0 Å². The Kier molecular flexibility index (Phi) is 5.01.